The second-order valence-corrected chi connectivity index (χ2v) is 7.28. The summed E-state index contributed by atoms with van der Waals surface area (Å²) in [6.07, 6.45) is 1.23. The quantitative estimate of drug-likeness (QED) is 0.775. The number of carbonyl (C=O) groups excluding carboxylic acids is 1. The fourth-order valence-electron chi connectivity index (χ4n) is 3.62. The van der Waals surface area contributed by atoms with E-state index < -0.39 is 12.2 Å². The first-order valence-electron chi connectivity index (χ1n) is 9.00. The summed E-state index contributed by atoms with van der Waals surface area (Å²) >= 11 is 0. The number of fused-ring (bicyclic) bond motifs is 2. The molecule has 0 bridgehead atoms. The second-order valence-electron chi connectivity index (χ2n) is 7.28. The molecule has 1 aliphatic rings. The summed E-state index contributed by atoms with van der Waals surface area (Å²) < 4.78 is 8.15. The molecular formula is C21H23N3O3. The van der Waals surface area contributed by atoms with Crippen LogP contribution in [0.2, 0.25) is 0 Å². The molecule has 1 aliphatic carbocycles. The zero-order valence-electron chi connectivity index (χ0n) is 15.9. The molecule has 0 saturated carbocycles. The number of ether oxygens (including phenoxy) is 1. The van der Waals surface area contributed by atoms with E-state index in [4.69, 9.17) is 4.74 Å². The molecule has 2 heterocycles. The number of aliphatic hydroxyl groups excluding tert-OH is 1. The van der Waals surface area contributed by atoms with Gasteiger partial charge in [-0.2, -0.15) is 0 Å². The number of hydrogen-bond acceptors (Lipinski definition) is 4. The van der Waals surface area contributed by atoms with Gasteiger partial charge in [0.1, 0.15) is 0 Å². The summed E-state index contributed by atoms with van der Waals surface area (Å²) in [6.45, 7) is 3.89. The van der Waals surface area contributed by atoms with E-state index in [1.165, 1.54) is 4.90 Å². The maximum atomic E-state index is 12.5. The maximum Gasteiger partial charge on any atom is 0.254 e. The third kappa shape index (κ3) is 2.86. The molecule has 1 N–H and O–H groups in total. The van der Waals surface area contributed by atoms with Crippen LogP contribution in [0.4, 0.5) is 0 Å². The highest BCUT2D eigenvalue weighted by molar-refractivity contribution is 5.94. The Morgan fingerprint density at radius 2 is 2.04 bits per heavy atom. The van der Waals surface area contributed by atoms with Crippen LogP contribution in [0.15, 0.2) is 36.5 Å². The average molecular weight is 365 g/mol. The molecule has 6 nitrogen and oxygen atoms in total. The number of aliphatic hydroxyl groups is 1. The number of amides is 1. The molecule has 0 aliphatic heterocycles. The van der Waals surface area contributed by atoms with Gasteiger partial charge in [-0.25, -0.2) is 4.98 Å². The van der Waals surface area contributed by atoms with Crippen molar-refractivity contribution in [2.24, 2.45) is 0 Å². The van der Waals surface area contributed by atoms with Crippen molar-refractivity contribution in [2.75, 3.05) is 14.1 Å². The van der Waals surface area contributed by atoms with Gasteiger partial charge in [0, 0.05) is 32.4 Å². The summed E-state index contributed by atoms with van der Waals surface area (Å²) in [4.78, 5) is 18.7. The van der Waals surface area contributed by atoms with Gasteiger partial charge in [-0.3, -0.25) is 4.79 Å². The Bertz CT molecular complexity index is 1040. The van der Waals surface area contributed by atoms with Gasteiger partial charge in [-0.05, 0) is 31.0 Å². The topological polar surface area (TPSA) is 67.1 Å². The first-order valence-corrected chi connectivity index (χ1v) is 9.00. The molecule has 0 unspecified atom stereocenters. The van der Waals surface area contributed by atoms with Crippen LogP contribution in [-0.2, 0) is 6.42 Å². The zero-order chi connectivity index (χ0) is 19.3. The minimum Gasteiger partial charge on any atom is -0.479 e. The van der Waals surface area contributed by atoms with Crippen LogP contribution in [0.1, 0.15) is 39.0 Å². The minimum atomic E-state index is -0.632. The summed E-state index contributed by atoms with van der Waals surface area (Å²) in [5, 5.41) is 10.5. The normalized spacial score (nSPS) is 18.6. The molecule has 140 valence electrons. The van der Waals surface area contributed by atoms with E-state index in [1.807, 2.05) is 42.5 Å². The molecule has 0 saturated heterocycles. The molecular weight excluding hydrogens is 342 g/mol. The van der Waals surface area contributed by atoms with E-state index in [9.17, 15) is 9.90 Å². The van der Waals surface area contributed by atoms with Gasteiger partial charge in [0.15, 0.2) is 17.5 Å². The van der Waals surface area contributed by atoms with E-state index in [-0.39, 0.29) is 5.91 Å². The summed E-state index contributed by atoms with van der Waals surface area (Å²) in [5.41, 5.74) is 5.06. The van der Waals surface area contributed by atoms with Crippen molar-refractivity contribution in [1.82, 2.24) is 14.3 Å². The Balaban J connectivity index is 1.83. The monoisotopic (exact) mass is 365 g/mol. The fourth-order valence-corrected chi connectivity index (χ4v) is 3.62. The predicted molar refractivity (Wildman–Crippen MR) is 102 cm³/mol. The first-order chi connectivity index (χ1) is 12.9. The van der Waals surface area contributed by atoms with Crippen molar-refractivity contribution in [3.05, 3.63) is 64.6 Å². The van der Waals surface area contributed by atoms with E-state index in [1.54, 1.807) is 26.4 Å². The lowest BCUT2D eigenvalue weighted by molar-refractivity contribution is 0.0501. The zero-order valence-corrected chi connectivity index (χ0v) is 15.9. The van der Waals surface area contributed by atoms with Gasteiger partial charge in [0.2, 0.25) is 0 Å². The standard InChI is InChI=1S/C21H23N3O3/c1-12-13(2)24-11-15(21(26)23(3)4)10-18(20(24)22-12)27-19-16-8-6-5-7-14(16)9-17(19)25/h5-8,10-11,17,19,25H,9H2,1-4H3/t17-,19-/m0/s1. The van der Waals surface area contributed by atoms with Crippen LogP contribution in [0, 0.1) is 13.8 Å². The molecule has 6 heteroatoms. The van der Waals surface area contributed by atoms with Crippen molar-refractivity contribution in [3.63, 3.8) is 0 Å². The Morgan fingerprint density at radius 3 is 2.78 bits per heavy atom. The summed E-state index contributed by atoms with van der Waals surface area (Å²) in [5.74, 6) is 0.388. The molecule has 27 heavy (non-hydrogen) atoms. The van der Waals surface area contributed by atoms with Crippen molar-refractivity contribution in [1.29, 1.82) is 0 Å². The fraction of sp³-hybridized carbons (Fsp3) is 0.333. The third-order valence-corrected chi connectivity index (χ3v) is 5.21. The Hall–Kier alpha value is -2.86. The molecule has 2 atom stereocenters. The lowest BCUT2D eigenvalue weighted by Crippen LogP contribution is -2.23. The smallest absolute Gasteiger partial charge is 0.254 e. The number of imidazole rings is 1. The Kier molecular flexibility index (Phi) is 4.15. The number of pyridine rings is 1. The van der Waals surface area contributed by atoms with Crippen LogP contribution in [0.5, 0.6) is 5.75 Å². The Labute approximate surface area is 158 Å². The van der Waals surface area contributed by atoms with Crippen LogP contribution >= 0.6 is 0 Å². The molecule has 3 aromatic rings. The molecule has 0 fully saturated rings. The van der Waals surface area contributed by atoms with Crippen LogP contribution in [0.3, 0.4) is 0 Å². The highest BCUT2D eigenvalue weighted by Gasteiger charge is 2.33. The minimum absolute atomic E-state index is 0.111. The van der Waals surface area contributed by atoms with Crippen LogP contribution in [0.25, 0.3) is 5.65 Å². The molecule has 2 aromatic heterocycles. The van der Waals surface area contributed by atoms with Crippen LogP contribution < -0.4 is 4.74 Å². The summed E-state index contributed by atoms with van der Waals surface area (Å²) in [6, 6.07) is 9.61. The molecule has 4 rings (SSSR count). The van der Waals surface area contributed by atoms with Crippen molar-refractivity contribution in [3.8, 4) is 5.75 Å². The van der Waals surface area contributed by atoms with Gasteiger partial charge in [0.05, 0.1) is 17.4 Å². The molecule has 1 aromatic carbocycles. The highest BCUT2D eigenvalue weighted by atomic mass is 16.5. The number of carbonyl (C=O) groups is 1. The average Bonchev–Trinajstić information content (AvgIpc) is 3.11. The number of aryl methyl sites for hydroxylation is 2. The second kappa shape index (κ2) is 6.39. The molecule has 1 amide bonds. The SMILES string of the molecule is Cc1nc2c(O[C@H]3c4ccccc4C[C@@H]3O)cc(C(=O)N(C)C)cn2c1C. The Morgan fingerprint density at radius 1 is 1.30 bits per heavy atom. The van der Waals surface area contributed by atoms with Gasteiger partial charge in [-0.15, -0.1) is 0 Å². The number of aromatic nitrogens is 2. The number of benzene rings is 1. The van der Waals surface area contributed by atoms with Crippen molar-refractivity contribution >= 4 is 11.6 Å². The van der Waals surface area contributed by atoms with E-state index in [0.29, 0.717) is 23.4 Å². The van der Waals surface area contributed by atoms with Crippen molar-refractivity contribution < 1.29 is 14.6 Å². The van der Waals surface area contributed by atoms with E-state index in [0.717, 1.165) is 22.5 Å². The van der Waals surface area contributed by atoms with Gasteiger partial charge in [-0.1, -0.05) is 24.3 Å². The molecule has 0 radical (unpaired) electrons. The van der Waals surface area contributed by atoms with Gasteiger partial charge >= 0.3 is 0 Å². The summed E-state index contributed by atoms with van der Waals surface area (Å²) in [7, 11) is 3.44. The predicted octanol–water partition coefficient (Wildman–Crippen LogP) is 2.69. The largest absolute Gasteiger partial charge is 0.479 e. The lowest BCUT2D eigenvalue weighted by Gasteiger charge is -2.20. The van der Waals surface area contributed by atoms with Gasteiger partial charge in [0.25, 0.3) is 5.91 Å². The van der Waals surface area contributed by atoms with E-state index in [2.05, 4.69) is 4.98 Å². The van der Waals surface area contributed by atoms with Crippen LogP contribution in [-0.4, -0.2) is 45.5 Å². The number of hydrogen-bond donors (Lipinski definition) is 1. The highest BCUT2D eigenvalue weighted by Crippen LogP contribution is 2.37. The van der Waals surface area contributed by atoms with Gasteiger partial charge < -0.3 is 19.1 Å². The number of rotatable bonds is 3. The maximum absolute atomic E-state index is 12.5. The first kappa shape index (κ1) is 17.5. The molecule has 0 spiro atoms. The number of nitrogens with zero attached hydrogens (tertiary/aromatic N) is 3. The van der Waals surface area contributed by atoms with Crippen molar-refractivity contribution in [2.45, 2.75) is 32.5 Å². The third-order valence-electron chi connectivity index (χ3n) is 5.21. The lowest BCUT2D eigenvalue weighted by atomic mass is 10.1. The van der Waals surface area contributed by atoms with E-state index >= 15 is 0 Å².